The third-order valence-electron chi connectivity index (χ3n) is 4.21. The molecule has 1 aromatic rings. The van der Waals surface area contributed by atoms with Crippen LogP contribution in [0.3, 0.4) is 0 Å². The Hall–Kier alpha value is -1.06. The Morgan fingerprint density at radius 3 is 2.24 bits per heavy atom. The molecule has 1 rings (SSSR count). The smallest absolute Gasteiger partial charge is 0.121 e. The minimum atomic E-state index is 0.422. The van der Waals surface area contributed by atoms with E-state index in [0.29, 0.717) is 11.8 Å². The van der Waals surface area contributed by atoms with Crippen molar-refractivity contribution in [3.8, 4) is 5.75 Å². The highest BCUT2D eigenvalue weighted by Gasteiger charge is 2.06. The van der Waals surface area contributed by atoms with E-state index < -0.39 is 0 Å². The third-order valence-corrected chi connectivity index (χ3v) is 4.21. The van der Waals surface area contributed by atoms with Crippen LogP contribution in [0.25, 0.3) is 0 Å². The van der Waals surface area contributed by atoms with Gasteiger partial charge in [-0.1, -0.05) is 26.0 Å². The summed E-state index contributed by atoms with van der Waals surface area (Å²) in [6.45, 7) is 15.0. The number of nitrogens with zero attached hydrogens (tertiary/aromatic N) is 1. The monoisotopic (exact) mass is 292 g/mol. The SMILES string of the molecule is CCN(CC)CCCC(C)NCc1cc(C)c(O)c(C)c1. The summed E-state index contributed by atoms with van der Waals surface area (Å²) in [5.74, 6) is 0.422. The molecule has 0 amide bonds. The molecule has 0 saturated heterocycles. The first kappa shape index (κ1) is 18.0. The zero-order chi connectivity index (χ0) is 15.8. The molecule has 3 heteroatoms. The first-order valence-corrected chi connectivity index (χ1v) is 8.22. The second kappa shape index (κ2) is 9.06. The number of rotatable bonds is 9. The van der Waals surface area contributed by atoms with Crippen LogP contribution < -0.4 is 5.32 Å². The van der Waals surface area contributed by atoms with Gasteiger partial charge >= 0.3 is 0 Å². The normalized spacial score (nSPS) is 12.9. The van der Waals surface area contributed by atoms with Gasteiger partial charge in [0.1, 0.15) is 5.75 Å². The van der Waals surface area contributed by atoms with E-state index in [0.717, 1.165) is 30.8 Å². The summed E-state index contributed by atoms with van der Waals surface area (Å²) in [5.41, 5.74) is 3.17. The fourth-order valence-corrected chi connectivity index (χ4v) is 2.70. The van der Waals surface area contributed by atoms with E-state index in [4.69, 9.17) is 0 Å². The van der Waals surface area contributed by atoms with Crippen LogP contribution in [-0.4, -0.2) is 35.7 Å². The Bertz CT molecular complexity index is 404. The molecule has 1 unspecified atom stereocenters. The van der Waals surface area contributed by atoms with Gasteiger partial charge in [0.2, 0.25) is 0 Å². The number of aryl methyl sites for hydroxylation is 2. The van der Waals surface area contributed by atoms with Gasteiger partial charge in [0.25, 0.3) is 0 Å². The first-order chi connectivity index (χ1) is 9.97. The molecule has 0 radical (unpaired) electrons. The van der Waals surface area contributed by atoms with Gasteiger partial charge in [0, 0.05) is 12.6 Å². The lowest BCUT2D eigenvalue weighted by Crippen LogP contribution is -2.28. The molecule has 0 aliphatic carbocycles. The molecular weight excluding hydrogens is 260 g/mol. The van der Waals surface area contributed by atoms with Crippen molar-refractivity contribution in [2.75, 3.05) is 19.6 Å². The Kier molecular flexibility index (Phi) is 7.76. The van der Waals surface area contributed by atoms with Gasteiger partial charge < -0.3 is 15.3 Å². The lowest BCUT2D eigenvalue weighted by molar-refractivity contribution is 0.290. The zero-order valence-corrected chi connectivity index (χ0v) is 14.4. The highest BCUT2D eigenvalue weighted by molar-refractivity contribution is 5.42. The van der Waals surface area contributed by atoms with Crippen molar-refractivity contribution in [3.63, 3.8) is 0 Å². The number of nitrogens with one attached hydrogen (secondary N) is 1. The fraction of sp³-hybridized carbons (Fsp3) is 0.667. The largest absolute Gasteiger partial charge is 0.507 e. The molecule has 0 saturated carbocycles. The molecule has 2 N–H and O–H groups in total. The predicted octanol–water partition coefficient (Wildman–Crippen LogP) is 3.61. The minimum absolute atomic E-state index is 0.422. The van der Waals surface area contributed by atoms with Gasteiger partial charge in [-0.3, -0.25) is 0 Å². The number of hydrogen-bond donors (Lipinski definition) is 2. The number of aromatic hydroxyl groups is 1. The van der Waals surface area contributed by atoms with Gasteiger partial charge in [-0.05, 0) is 69.9 Å². The van der Waals surface area contributed by atoms with Crippen LogP contribution in [-0.2, 0) is 6.54 Å². The van der Waals surface area contributed by atoms with Crippen LogP contribution in [0.15, 0.2) is 12.1 Å². The number of phenolic OH excluding ortho intramolecular Hbond substituents is 1. The van der Waals surface area contributed by atoms with Gasteiger partial charge in [-0.15, -0.1) is 0 Å². The van der Waals surface area contributed by atoms with Crippen molar-refractivity contribution < 1.29 is 5.11 Å². The molecule has 120 valence electrons. The van der Waals surface area contributed by atoms with Crippen LogP contribution in [0, 0.1) is 13.8 Å². The first-order valence-electron chi connectivity index (χ1n) is 8.22. The summed E-state index contributed by atoms with van der Waals surface area (Å²) in [5, 5.41) is 13.4. The molecule has 0 bridgehead atoms. The molecular formula is C18H32N2O. The minimum Gasteiger partial charge on any atom is -0.507 e. The number of phenols is 1. The molecule has 0 heterocycles. The van der Waals surface area contributed by atoms with Crippen LogP contribution >= 0.6 is 0 Å². The lowest BCUT2D eigenvalue weighted by Gasteiger charge is -2.20. The maximum Gasteiger partial charge on any atom is 0.121 e. The van der Waals surface area contributed by atoms with Crippen LogP contribution in [0.2, 0.25) is 0 Å². The summed E-state index contributed by atoms with van der Waals surface area (Å²) in [4.78, 5) is 2.47. The number of benzene rings is 1. The molecule has 3 nitrogen and oxygen atoms in total. The van der Waals surface area contributed by atoms with E-state index in [9.17, 15) is 5.11 Å². The van der Waals surface area contributed by atoms with E-state index >= 15 is 0 Å². The van der Waals surface area contributed by atoms with Crippen LogP contribution in [0.5, 0.6) is 5.75 Å². The second-order valence-electron chi connectivity index (χ2n) is 6.03. The maximum absolute atomic E-state index is 9.80. The van der Waals surface area contributed by atoms with E-state index in [1.807, 2.05) is 13.8 Å². The Labute approximate surface area is 130 Å². The van der Waals surface area contributed by atoms with Gasteiger partial charge in [0.05, 0.1) is 0 Å². The van der Waals surface area contributed by atoms with Crippen molar-refractivity contribution >= 4 is 0 Å². The summed E-state index contributed by atoms with van der Waals surface area (Å²) in [6, 6.07) is 4.66. The molecule has 1 atom stereocenters. The van der Waals surface area contributed by atoms with Crippen molar-refractivity contribution in [1.82, 2.24) is 10.2 Å². The molecule has 1 aromatic carbocycles. The van der Waals surface area contributed by atoms with Gasteiger partial charge in [0.15, 0.2) is 0 Å². The summed E-state index contributed by atoms with van der Waals surface area (Å²) in [7, 11) is 0. The Morgan fingerprint density at radius 2 is 1.71 bits per heavy atom. The second-order valence-corrected chi connectivity index (χ2v) is 6.03. The highest BCUT2D eigenvalue weighted by atomic mass is 16.3. The quantitative estimate of drug-likeness (QED) is 0.730. The Morgan fingerprint density at radius 1 is 1.14 bits per heavy atom. The van der Waals surface area contributed by atoms with E-state index in [1.54, 1.807) is 0 Å². The van der Waals surface area contributed by atoms with Crippen molar-refractivity contribution in [2.24, 2.45) is 0 Å². The average Bonchev–Trinajstić information content (AvgIpc) is 2.47. The van der Waals surface area contributed by atoms with Crippen LogP contribution in [0.1, 0.15) is 50.3 Å². The summed E-state index contributed by atoms with van der Waals surface area (Å²) in [6.07, 6.45) is 2.44. The average molecular weight is 292 g/mol. The van der Waals surface area contributed by atoms with E-state index in [-0.39, 0.29) is 0 Å². The fourth-order valence-electron chi connectivity index (χ4n) is 2.70. The molecule has 0 spiro atoms. The van der Waals surface area contributed by atoms with Gasteiger partial charge in [-0.2, -0.15) is 0 Å². The van der Waals surface area contributed by atoms with Gasteiger partial charge in [-0.25, -0.2) is 0 Å². The lowest BCUT2D eigenvalue weighted by atomic mass is 10.1. The zero-order valence-electron chi connectivity index (χ0n) is 14.4. The maximum atomic E-state index is 9.80. The van der Waals surface area contributed by atoms with Crippen molar-refractivity contribution in [2.45, 2.75) is 60.0 Å². The predicted molar refractivity (Wildman–Crippen MR) is 90.9 cm³/mol. The topological polar surface area (TPSA) is 35.5 Å². The molecule has 0 fully saturated rings. The van der Waals surface area contributed by atoms with Crippen molar-refractivity contribution in [3.05, 3.63) is 28.8 Å². The van der Waals surface area contributed by atoms with E-state index in [1.165, 1.54) is 24.9 Å². The highest BCUT2D eigenvalue weighted by Crippen LogP contribution is 2.22. The summed E-state index contributed by atoms with van der Waals surface area (Å²) < 4.78 is 0. The van der Waals surface area contributed by atoms with Crippen molar-refractivity contribution in [1.29, 1.82) is 0 Å². The standard InChI is InChI=1S/C18H32N2O/c1-6-20(7-2)10-8-9-16(5)19-13-17-11-14(3)18(21)15(4)12-17/h11-12,16,19,21H,6-10,13H2,1-5H3. The Balaban J connectivity index is 2.34. The molecule has 0 aliphatic heterocycles. The molecule has 0 aromatic heterocycles. The summed E-state index contributed by atoms with van der Waals surface area (Å²) >= 11 is 0. The third kappa shape index (κ3) is 6.06. The van der Waals surface area contributed by atoms with Crippen LogP contribution in [0.4, 0.5) is 0 Å². The molecule has 21 heavy (non-hydrogen) atoms. The van der Waals surface area contributed by atoms with E-state index in [2.05, 4.69) is 43.1 Å². The molecule has 0 aliphatic rings. The number of hydrogen-bond acceptors (Lipinski definition) is 3.